The van der Waals surface area contributed by atoms with Gasteiger partial charge in [0, 0.05) is 37.1 Å². The maximum Gasteiger partial charge on any atom is 0.308 e. The Labute approximate surface area is 325 Å². The smallest absolute Gasteiger partial charge is 0.308 e. The lowest BCUT2D eigenvalue weighted by molar-refractivity contribution is -0.132. The second kappa shape index (κ2) is 19.9. The summed E-state index contributed by atoms with van der Waals surface area (Å²) in [5.74, 6) is 3.67. The van der Waals surface area contributed by atoms with E-state index in [1.54, 1.807) is 90.8 Å². The van der Waals surface area contributed by atoms with Gasteiger partial charge in [-0.25, -0.2) is 0 Å². The molecule has 0 saturated heterocycles. The zero-order valence-corrected chi connectivity index (χ0v) is 33.4. The Hall–Kier alpha value is -5.95. The van der Waals surface area contributed by atoms with E-state index < -0.39 is 22.4 Å². The summed E-state index contributed by atoms with van der Waals surface area (Å²) < 4.78 is 56.2. The van der Waals surface area contributed by atoms with Crippen LogP contribution in [-0.2, 0) is 9.59 Å². The van der Waals surface area contributed by atoms with Crippen LogP contribution in [0, 0.1) is 0 Å². The molecule has 0 saturated carbocycles. The molecule has 2 unspecified atom stereocenters. The van der Waals surface area contributed by atoms with E-state index in [4.69, 9.17) is 47.4 Å². The molecule has 4 rings (SSSR count). The van der Waals surface area contributed by atoms with Crippen LogP contribution in [0.15, 0.2) is 72.8 Å². The average molecular weight is 775 g/mol. The van der Waals surface area contributed by atoms with Gasteiger partial charge in [-0.1, -0.05) is 36.4 Å². The predicted octanol–water partition coefficient (Wildman–Crippen LogP) is 8.55. The van der Waals surface area contributed by atoms with Gasteiger partial charge < -0.3 is 47.4 Å². The highest BCUT2D eigenvalue weighted by molar-refractivity contribution is 8.00. The third-order valence-electron chi connectivity index (χ3n) is 8.19. The lowest BCUT2D eigenvalue weighted by Crippen LogP contribution is -2.04. The number of benzene rings is 4. The Morgan fingerprint density at radius 3 is 1.05 bits per heavy atom. The van der Waals surface area contributed by atoms with Gasteiger partial charge in [0.05, 0.1) is 67.4 Å². The number of hydrogen-bond acceptors (Lipinski definition) is 13. The SMILES string of the molecule is COc1cc(OC)c(C(C=Cc2ccc(OC(C)=O)c(OC)c2)SC(/C=C\c2ccc(OC(C)=O)c(OC)c2)c2cc(OC)c(OC)cc2OC)cc1OC. The van der Waals surface area contributed by atoms with Gasteiger partial charge in [-0.15, -0.1) is 11.8 Å². The fourth-order valence-electron chi connectivity index (χ4n) is 5.60. The summed E-state index contributed by atoms with van der Waals surface area (Å²) in [5, 5.41) is -0.801. The van der Waals surface area contributed by atoms with E-state index in [-0.39, 0.29) is 0 Å². The predicted molar refractivity (Wildman–Crippen MR) is 212 cm³/mol. The second-order valence-electron chi connectivity index (χ2n) is 11.6. The molecule has 0 aliphatic heterocycles. The fraction of sp³-hybridized carbons (Fsp3) is 0.286. The minimum absolute atomic E-state index is 0.308. The summed E-state index contributed by atoms with van der Waals surface area (Å²) >= 11 is 1.57. The van der Waals surface area contributed by atoms with Crippen molar-refractivity contribution in [3.63, 3.8) is 0 Å². The minimum atomic E-state index is -0.456. The summed E-state index contributed by atoms with van der Waals surface area (Å²) in [4.78, 5) is 23.4. The van der Waals surface area contributed by atoms with Crippen molar-refractivity contribution in [2.75, 3.05) is 56.9 Å². The zero-order valence-electron chi connectivity index (χ0n) is 32.5. The van der Waals surface area contributed by atoms with E-state index in [1.165, 1.54) is 28.1 Å². The highest BCUT2D eigenvalue weighted by Gasteiger charge is 2.26. The lowest BCUT2D eigenvalue weighted by Gasteiger charge is -2.25. The quantitative estimate of drug-likeness (QED) is 0.0709. The molecule has 0 aliphatic carbocycles. The van der Waals surface area contributed by atoms with Crippen molar-refractivity contribution in [1.29, 1.82) is 0 Å². The van der Waals surface area contributed by atoms with E-state index in [9.17, 15) is 9.59 Å². The minimum Gasteiger partial charge on any atom is -0.496 e. The maximum absolute atomic E-state index is 11.7. The molecular formula is C42H46O12S. The summed E-state index contributed by atoms with van der Waals surface area (Å²) in [6.07, 6.45) is 7.94. The Bertz CT molecular complexity index is 1880. The second-order valence-corrected chi connectivity index (χ2v) is 12.9. The standard InChI is InChI=1S/C42H46O12S/c1-25(43)53-31-15-11-27(19-35(31)47-5)13-17-41(29-21-37(49-7)39(51-9)23-33(29)45-3)55-42(30-22-38(50-8)40(52-10)24-34(30)46-4)18-14-28-12-16-32(54-26(2)44)36(20-28)48-6/h11-24,41-42H,1-10H3/b17-13-,18-14?. The first-order valence-corrected chi connectivity index (χ1v) is 17.8. The molecule has 292 valence electrons. The van der Waals surface area contributed by atoms with Gasteiger partial charge >= 0.3 is 11.9 Å². The van der Waals surface area contributed by atoms with Crippen molar-refractivity contribution in [1.82, 2.24) is 0 Å². The zero-order chi connectivity index (χ0) is 40.1. The van der Waals surface area contributed by atoms with E-state index in [2.05, 4.69) is 0 Å². The highest BCUT2D eigenvalue weighted by Crippen LogP contribution is 2.51. The molecule has 0 heterocycles. The summed E-state index contributed by atoms with van der Waals surface area (Å²) in [6, 6.07) is 17.9. The number of esters is 2. The van der Waals surface area contributed by atoms with E-state index in [0.717, 1.165) is 22.3 Å². The Balaban J connectivity index is 1.94. The molecule has 0 fully saturated rings. The molecule has 0 radical (unpaired) electrons. The molecule has 55 heavy (non-hydrogen) atoms. The van der Waals surface area contributed by atoms with Gasteiger partial charge in [-0.2, -0.15) is 0 Å². The molecule has 0 aromatic heterocycles. The maximum atomic E-state index is 11.7. The van der Waals surface area contributed by atoms with Crippen LogP contribution in [0.25, 0.3) is 12.2 Å². The molecule has 2 atom stereocenters. The number of methoxy groups -OCH3 is 8. The van der Waals surface area contributed by atoms with Crippen molar-refractivity contribution in [2.24, 2.45) is 0 Å². The van der Waals surface area contributed by atoms with E-state index >= 15 is 0 Å². The van der Waals surface area contributed by atoms with Crippen LogP contribution < -0.4 is 47.4 Å². The Morgan fingerprint density at radius 1 is 0.436 bits per heavy atom. The molecule has 4 aromatic carbocycles. The third kappa shape index (κ3) is 10.6. The van der Waals surface area contributed by atoms with E-state index in [1.807, 2.05) is 48.6 Å². The number of carbonyl (C=O) groups excluding carboxylic acids is 2. The van der Waals surface area contributed by atoms with Gasteiger partial charge in [0.1, 0.15) is 11.5 Å². The van der Waals surface area contributed by atoms with Gasteiger partial charge in [0.2, 0.25) is 0 Å². The van der Waals surface area contributed by atoms with Gasteiger partial charge in [0.25, 0.3) is 0 Å². The Kier molecular flexibility index (Phi) is 15.1. The van der Waals surface area contributed by atoms with Gasteiger partial charge in [-0.05, 0) is 47.5 Å². The topological polar surface area (TPSA) is 126 Å². The van der Waals surface area contributed by atoms with Crippen molar-refractivity contribution in [2.45, 2.75) is 24.3 Å². The monoisotopic (exact) mass is 774 g/mol. The first-order valence-electron chi connectivity index (χ1n) is 16.9. The number of ether oxygens (including phenoxy) is 10. The van der Waals surface area contributed by atoms with Crippen LogP contribution in [0.3, 0.4) is 0 Å². The van der Waals surface area contributed by atoms with Crippen LogP contribution in [0.1, 0.15) is 46.6 Å². The Morgan fingerprint density at radius 2 is 0.745 bits per heavy atom. The molecule has 0 bridgehead atoms. The molecule has 0 aliphatic rings. The summed E-state index contributed by atoms with van der Waals surface area (Å²) in [5.41, 5.74) is 3.15. The number of carbonyl (C=O) groups is 2. The van der Waals surface area contributed by atoms with Crippen molar-refractivity contribution >= 4 is 35.9 Å². The molecule has 13 heteroatoms. The third-order valence-corrected chi connectivity index (χ3v) is 9.60. The molecule has 0 N–H and O–H groups in total. The van der Waals surface area contributed by atoms with Crippen LogP contribution in [0.4, 0.5) is 0 Å². The van der Waals surface area contributed by atoms with Crippen LogP contribution in [0.2, 0.25) is 0 Å². The molecule has 0 amide bonds. The molecular weight excluding hydrogens is 729 g/mol. The van der Waals surface area contributed by atoms with Crippen LogP contribution in [0.5, 0.6) is 57.5 Å². The summed E-state index contributed by atoms with van der Waals surface area (Å²) in [7, 11) is 12.5. The van der Waals surface area contributed by atoms with Gasteiger partial charge in [-0.3, -0.25) is 9.59 Å². The largest absolute Gasteiger partial charge is 0.496 e. The molecule has 4 aromatic rings. The first-order chi connectivity index (χ1) is 26.5. The normalized spacial score (nSPS) is 12.1. The molecule has 0 spiro atoms. The molecule has 12 nitrogen and oxygen atoms in total. The first kappa shape index (κ1) is 41.8. The van der Waals surface area contributed by atoms with Crippen molar-refractivity contribution < 1.29 is 57.0 Å². The average Bonchev–Trinajstić information content (AvgIpc) is 3.19. The fourth-order valence-corrected chi connectivity index (χ4v) is 6.92. The van der Waals surface area contributed by atoms with Crippen molar-refractivity contribution in [3.05, 3.63) is 95.1 Å². The lowest BCUT2D eigenvalue weighted by atomic mass is 10.1. The highest BCUT2D eigenvalue weighted by atomic mass is 32.2. The van der Waals surface area contributed by atoms with Gasteiger partial charge in [0.15, 0.2) is 46.0 Å². The number of rotatable bonds is 18. The van der Waals surface area contributed by atoms with Crippen LogP contribution in [-0.4, -0.2) is 68.8 Å². The number of hydrogen-bond donors (Lipinski definition) is 0. The summed E-state index contributed by atoms with van der Waals surface area (Å²) in [6.45, 7) is 2.66. The van der Waals surface area contributed by atoms with Crippen LogP contribution >= 0.6 is 11.8 Å². The van der Waals surface area contributed by atoms with E-state index in [0.29, 0.717) is 57.5 Å². The number of thioether (sulfide) groups is 1. The van der Waals surface area contributed by atoms with Crippen molar-refractivity contribution in [3.8, 4) is 57.5 Å².